The summed E-state index contributed by atoms with van der Waals surface area (Å²) in [6.07, 6.45) is 7.12. The van der Waals surface area contributed by atoms with Crippen LogP contribution >= 0.6 is 11.6 Å². The van der Waals surface area contributed by atoms with Gasteiger partial charge in [0, 0.05) is 20.2 Å². The van der Waals surface area contributed by atoms with Crippen molar-refractivity contribution in [2.45, 2.75) is 70.3 Å². The molecular weight excluding hydrogens is 607 g/mol. The summed E-state index contributed by atoms with van der Waals surface area (Å²) >= 11 is 6.19. The lowest BCUT2D eigenvalue weighted by molar-refractivity contribution is -0.000327. The van der Waals surface area contributed by atoms with Gasteiger partial charge in [-0.15, -0.1) is 0 Å². The second-order valence-corrected chi connectivity index (χ2v) is 15.0. The number of aryl methyl sites for hydroxylation is 1. The van der Waals surface area contributed by atoms with Gasteiger partial charge in [-0.1, -0.05) is 24.6 Å². The predicted octanol–water partition coefficient (Wildman–Crippen LogP) is 6.20. The zero-order valence-corrected chi connectivity index (χ0v) is 27.0. The monoisotopic (exact) mass is 648 g/mol. The average Bonchev–Trinajstić information content (AvgIpc) is 2.96. The Balaban J connectivity index is 1.43. The number of carbonyl (C=O) groups is 1. The molecule has 2 aliphatic carbocycles. The van der Waals surface area contributed by atoms with Crippen LogP contribution in [0.2, 0.25) is 5.02 Å². The first kappa shape index (κ1) is 32.7. The molecule has 6 atom stereocenters. The molecule has 3 aliphatic rings. The van der Waals surface area contributed by atoms with Crippen molar-refractivity contribution < 1.29 is 32.2 Å². The molecule has 3 N–H and O–H groups in total. The van der Waals surface area contributed by atoms with E-state index in [0.717, 1.165) is 49.7 Å². The number of carboxylic acids is 1. The van der Waals surface area contributed by atoms with E-state index in [1.54, 1.807) is 38.3 Å². The van der Waals surface area contributed by atoms with Crippen LogP contribution in [0.4, 0.5) is 10.1 Å². The van der Waals surface area contributed by atoms with Gasteiger partial charge in [-0.2, -0.15) is 0 Å². The Morgan fingerprint density at radius 2 is 1.95 bits per heavy atom. The van der Waals surface area contributed by atoms with Crippen molar-refractivity contribution in [3.63, 3.8) is 0 Å². The summed E-state index contributed by atoms with van der Waals surface area (Å²) in [4.78, 5) is 14.1. The van der Waals surface area contributed by atoms with E-state index in [-0.39, 0.29) is 40.4 Å². The van der Waals surface area contributed by atoms with Gasteiger partial charge in [0.15, 0.2) is 0 Å². The highest BCUT2D eigenvalue weighted by atomic mass is 35.5. The minimum atomic E-state index is -3.62. The lowest BCUT2D eigenvalue weighted by Crippen LogP contribution is -2.46. The third-order valence-electron chi connectivity index (χ3n) is 10.0. The Morgan fingerprint density at radius 1 is 1.20 bits per heavy atom. The van der Waals surface area contributed by atoms with Crippen molar-refractivity contribution in [3.8, 4) is 5.75 Å². The Morgan fingerprint density at radius 3 is 2.59 bits per heavy atom. The van der Waals surface area contributed by atoms with Crippen LogP contribution < -0.4 is 14.8 Å². The number of nitrogens with zero attached hydrogens (tertiary/aromatic N) is 1. The molecule has 11 heteroatoms. The van der Waals surface area contributed by atoms with Crippen LogP contribution in [-0.2, 0) is 27.7 Å². The quantitative estimate of drug-likeness (QED) is 0.311. The number of methoxy groups -OCH3 is 1. The van der Waals surface area contributed by atoms with E-state index in [0.29, 0.717) is 31.1 Å². The highest BCUT2D eigenvalue weighted by Crippen LogP contribution is 2.47. The highest BCUT2D eigenvalue weighted by molar-refractivity contribution is 7.89. The molecular formula is C33H42ClFN2O6S. The van der Waals surface area contributed by atoms with E-state index in [9.17, 15) is 22.7 Å². The number of hydrogen-bond acceptors (Lipinski definition) is 6. The summed E-state index contributed by atoms with van der Waals surface area (Å²) in [5, 5.41) is 14.7. The van der Waals surface area contributed by atoms with Crippen LogP contribution in [0.25, 0.3) is 0 Å². The number of benzene rings is 2. The van der Waals surface area contributed by atoms with Crippen LogP contribution in [0.1, 0.15) is 67.4 Å². The highest BCUT2D eigenvalue weighted by Gasteiger charge is 2.43. The Labute approximate surface area is 264 Å². The maximum Gasteiger partial charge on any atom is 0.335 e. The number of anilines is 1. The number of aromatic carboxylic acids is 1. The van der Waals surface area contributed by atoms with Gasteiger partial charge in [-0.25, -0.2) is 22.7 Å². The third-order valence-corrected chi connectivity index (χ3v) is 11.8. The van der Waals surface area contributed by atoms with Gasteiger partial charge in [0.05, 0.1) is 34.2 Å². The molecule has 2 aromatic rings. The second-order valence-electron chi connectivity index (χ2n) is 12.6. The summed E-state index contributed by atoms with van der Waals surface area (Å²) in [6, 6.07) is 8.13. The van der Waals surface area contributed by atoms with Crippen molar-refractivity contribution >= 4 is 33.3 Å². The Hall–Kier alpha value is -2.66. The predicted molar refractivity (Wildman–Crippen MR) is 169 cm³/mol. The summed E-state index contributed by atoms with van der Waals surface area (Å²) in [6.45, 7) is 5.04. The van der Waals surface area contributed by atoms with E-state index in [2.05, 4.69) is 11.0 Å². The number of primary sulfonamides is 1. The number of carboxylic acid groups (broad SMARTS) is 1. The maximum atomic E-state index is 14.8. The minimum absolute atomic E-state index is 0.0943. The van der Waals surface area contributed by atoms with Crippen LogP contribution in [0.15, 0.2) is 42.0 Å². The number of allylic oxidation sites excluding steroid dienone is 1. The first-order valence-corrected chi connectivity index (χ1v) is 17.3. The summed E-state index contributed by atoms with van der Waals surface area (Å²) in [5.74, 6) is -0.423. The Bertz CT molecular complexity index is 1530. The zero-order chi connectivity index (χ0) is 31.8. The summed E-state index contributed by atoms with van der Waals surface area (Å²) in [5.41, 5.74) is 3.80. The number of rotatable bonds is 9. The van der Waals surface area contributed by atoms with Crippen LogP contribution in [0, 0.1) is 29.5 Å². The lowest BCUT2D eigenvalue weighted by atomic mass is 9.64. The molecule has 1 heterocycles. The minimum Gasteiger partial charge on any atom is -0.491 e. The van der Waals surface area contributed by atoms with Crippen molar-refractivity contribution in [2.75, 3.05) is 25.2 Å². The van der Waals surface area contributed by atoms with E-state index in [1.165, 1.54) is 11.6 Å². The maximum absolute atomic E-state index is 14.8. The van der Waals surface area contributed by atoms with Gasteiger partial charge in [0.25, 0.3) is 0 Å². The molecule has 1 unspecified atom stereocenters. The van der Waals surface area contributed by atoms with Gasteiger partial charge in [-0.3, -0.25) is 0 Å². The lowest BCUT2D eigenvalue weighted by Gasteiger charge is -2.47. The number of hydrogen-bond donors (Lipinski definition) is 2. The van der Waals surface area contributed by atoms with Crippen LogP contribution in [0.5, 0.6) is 5.75 Å². The second kappa shape index (κ2) is 13.4. The topological polar surface area (TPSA) is 119 Å². The van der Waals surface area contributed by atoms with Gasteiger partial charge >= 0.3 is 5.97 Å². The number of sulfonamides is 1. The van der Waals surface area contributed by atoms with Crippen molar-refractivity contribution in [1.29, 1.82) is 0 Å². The van der Waals surface area contributed by atoms with E-state index < -0.39 is 27.1 Å². The first-order valence-electron chi connectivity index (χ1n) is 15.3. The van der Waals surface area contributed by atoms with Crippen molar-refractivity contribution in [1.82, 2.24) is 0 Å². The van der Waals surface area contributed by atoms with Gasteiger partial charge in [0.2, 0.25) is 10.0 Å². The van der Waals surface area contributed by atoms with Crippen molar-refractivity contribution in [3.05, 3.63) is 69.5 Å². The van der Waals surface area contributed by atoms with E-state index in [4.69, 9.17) is 26.2 Å². The molecule has 1 saturated carbocycles. The molecule has 0 aromatic heterocycles. The summed E-state index contributed by atoms with van der Waals surface area (Å²) < 4.78 is 50.8. The van der Waals surface area contributed by atoms with Crippen LogP contribution in [0.3, 0.4) is 0 Å². The average molecular weight is 649 g/mol. The normalized spacial score (nSPS) is 24.2. The molecule has 44 heavy (non-hydrogen) atoms. The van der Waals surface area contributed by atoms with Crippen molar-refractivity contribution in [2.24, 2.45) is 28.8 Å². The molecule has 0 amide bonds. The molecule has 8 nitrogen and oxygen atoms in total. The fraction of sp³-hybridized carbons (Fsp3) is 0.545. The molecule has 1 aliphatic heterocycles. The third kappa shape index (κ3) is 6.93. The van der Waals surface area contributed by atoms with E-state index >= 15 is 0 Å². The molecule has 5 rings (SSSR count). The standard InChI is InChI=1S/C33H42ClFN2O6S/c1-19(20(2)44(36,40)41)24-12-25(13-24)32(42-3)27-9-7-23(27)17-37-18-26-15-29(35)28(34)14-21(26)6-4-5-11-43-31-10-8-22(33(38)39)16-30(31)37/h8,10,12,14-16,19-20,23-24,27,32H,4-7,9,11,13,17-18H2,1-3H3,(H,38,39)(H2,36,40,41)/t19-,20-,23+,24?,27-,32+/m1/s1. The van der Waals surface area contributed by atoms with Gasteiger partial charge in [0.1, 0.15) is 11.6 Å². The molecule has 0 bridgehead atoms. The number of nitrogens with two attached hydrogens (primary N) is 1. The van der Waals surface area contributed by atoms with E-state index in [1.807, 2.05) is 6.92 Å². The van der Waals surface area contributed by atoms with Gasteiger partial charge < -0.3 is 19.5 Å². The molecule has 1 fully saturated rings. The SMILES string of the molecule is CO[C@@H](C1=CC([C@H](C)[C@@H](C)S(N)(=O)=O)C1)[C@@H]1CC[C@H]1CN1Cc2cc(F)c(Cl)cc2CCCCOc2ccc(C(=O)O)cc21. The fourth-order valence-corrected chi connectivity index (χ4v) is 7.88. The summed E-state index contributed by atoms with van der Waals surface area (Å²) in [7, 11) is -1.91. The first-order chi connectivity index (χ1) is 20.9. The fourth-order valence-electron chi connectivity index (χ4n) is 6.90. The number of fused-ring (bicyclic) bond motifs is 2. The number of halogens is 2. The molecule has 0 spiro atoms. The molecule has 2 aromatic carbocycles. The zero-order valence-electron chi connectivity index (χ0n) is 25.5. The largest absolute Gasteiger partial charge is 0.491 e. The molecule has 0 radical (unpaired) electrons. The number of ether oxygens (including phenoxy) is 2. The Kier molecular flexibility index (Phi) is 9.94. The van der Waals surface area contributed by atoms with Gasteiger partial charge in [-0.05, 0) is 116 Å². The van der Waals surface area contributed by atoms with Crippen LogP contribution in [-0.4, -0.2) is 51.1 Å². The molecule has 240 valence electrons. The molecule has 0 saturated heterocycles. The smallest absolute Gasteiger partial charge is 0.335 e.